The maximum atomic E-state index is 13.1. The van der Waals surface area contributed by atoms with Crippen LogP contribution in [0.5, 0.6) is 0 Å². The van der Waals surface area contributed by atoms with Crippen LogP contribution >= 0.6 is 11.3 Å². The van der Waals surface area contributed by atoms with Crippen molar-refractivity contribution >= 4 is 34.0 Å². The number of benzene rings is 2. The van der Waals surface area contributed by atoms with Crippen LogP contribution in [-0.2, 0) is 11.3 Å². The fourth-order valence-electron chi connectivity index (χ4n) is 3.23. The SMILES string of the molecule is O=C(Nc1nccs1)C(c1cccc([N+](=O)[O-])c1)N1Cc2ccccc2C1=O. The lowest BCUT2D eigenvalue weighted by Crippen LogP contribution is -2.37. The summed E-state index contributed by atoms with van der Waals surface area (Å²) in [6.45, 7) is 0.244. The number of nitro groups is 1. The van der Waals surface area contributed by atoms with Gasteiger partial charge in [-0.15, -0.1) is 11.3 Å². The quantitative estimate of drug-likeness (QED) is 0.527. The lowest BCUT2D eigenvalue weighted by molar-refractivity contribution is -0.384. The topological polar surface area (TPSA) is 105 Å². The molecule has 1 unspecified atom stereocenters. The molecule has 0 saturated carbocycles. The molecule has 0 saturated heterocycles. The van der Waals surface area contributed by atoms with Crippen LogP contribution in [0.1, 0.15) is 27.5 Å². The number of amides is 2. The first-order valence-corrected chi connectivity index (χ1v) is 9.26. The summed E-state index contributed by atoms with van der Waals surface area (Å²) in [6, 6.07) is 11.9. The number of hydrogen-bond donors (Lipinski definition) is 1. The van der Waals surface area contributed by atoms with Crippen LogP contribution in [0.15, 0.2) is 60.1 Å². The van der Waals surface area contributed by atoms with Gasteiger partial charge in [-0.2, -0.15) is 0 Å². The zero-order chi connectivity index (χ0) is 19.7. The molecule has 3 aromatic rings. The van der Waals surface area contributed by atoms with E-state index in [-0.39, 0.29) is 18.1 Å². The third-order valence-corrected chi connectivity index (χ3v) is 5.16. The van der Waals surface area contributed by atoms with E-state index >= 15 is 0 Å². The van der Waals surface area contributed by atoms with Crippen molar-refractivity contribution in [3.8, 4) is 0 Å². The van der Waals surface area contributed by atoms with Crippen LogP contribution in [0.4, 0.5) is 10.8 Å². The molecule has 0 bridgehead atoms. The summed E-state index contributed by atoms with van der Waals surface area (Å²) < 4.78 is 0. The molecule has 8 nitrogen and oxygen atoms in total. The van der Waals surface area contributed by atoms with Crippen molar-refractivity contribution in [2.75, 3.05) is 5.32 Å². The van der Waals surface area contributed by atoms with Gasteiger partial charge in [-0.05, 0) is 17.2 Å². The Bertz CT molecular complexity index is 1070. The van der Waals surface area contributed by atoms with E-state index in [0.29, 0.717) is 16.3 Å². The van der Waals surface area contributed by atoms with E-state index in [4.69, 9.17) is 0 Å². The van der Waals surface area contributed by atoms with Crippen LogP contribution < -0.4 is 5.32 Å². The number of anilines is 1. The number of thiazole rings is 1. The molecule has 9 heteroatoms. The Kier molecular flexibility index (Phi) is 4.58. The molecule has 140 valence electrons. The second-order valence-corrected chi connectivity index (χ2v) is 7.07. The normalized spacial score (nSPS) is 13.9. The van der Waals surface area contributed by atoms with E-state index < -0.39 is 16.9 Å². The maximum absolute atomic E-state index is 13.1. The number of nitrogens with zero attached hydrogens (tertiary/aromatic N) is 3. The molecular formula is C19H14N4O4S. The fraction of sp³-hybridized carbons (Fsp3) is 0.105. The van der Waals surface area contributed by atoms with Crippen molar-refractivity contribution in [1.82, 2.24) is 9.88 Å². The molecule has 0 aliphatic carbocycles. The number of carbonyl (C=O) groups excluding carboxylic acids is 2. The standard InChI is InChI=1S/C19H14N4O4S/c24-17(21-19-20-8-9-28-19)16(12-5-3-6-14(10-12)23(26)27)22-11-13-4-1-2-7-15(13)18(22)25/h1-10,16H,11H2,(H,20,21,24). The molecule has 0 spiro atoms. The molecule has 1 aliphatic heterocycles. The van der Waals surface area contributed by atoms with E-state index in [1.165, 1.54) is 34.4 Å². The minimum atomic E-state index is -1.02. The van der Waals surface area contributed by atoms with Crippen LogP contribution in [-0.4, -0.2) is 26.6 Å². The van der Waals surface area contributed by atoms with Gasteiger partial charge in [-0.1, -0.05) is 30.3 Å². The molecule has 2 amide bonds. The fourth-order valence-corrected chi connectivity index (χ4v) is 3.76. The molecular weight excluding hydrogens is 380 g/mol. The number of carbonyl (C=O) groups is 2. The average molecular weight is 394 g/mol. The highest BCUT2D eigenvalue weighted by atomic mass is 32.1. The molecule has 2 aromatic carbocycles. The second kappa shape index (κ2) is 7.20. The van der Waals surface area contributed by atoms with Crippen molar-refractivity contribution in [2.45, 2.75) is 12.6 Å². The Hall–Kier alpha value is -3.59. The van der Waals surface area contributed by atoms with Gasteiger partial charge in [-0.3, -0.25) is 25.0 Å². The van der Waals surface area contributed by atoms with Gasteiger partial charge in [-0.25, -0.2) is 4.98 Å². The van der Waals surface area contributed by atoms with Gasteiger partial charge < -0.3 is 4.90 Å². The molecule has 0 radical (unpaired) electrons. The molecule has 4 rings (SSSR count). The van der Waals surface area contributed by atoms with Gasteiger partial charge in [0, 0.05) is 35.8 Å². The predicted octanol–water partition coefficient (Wildman–Crippen LogP) is 3.39. The highest BCUT2D eigenvalue weighted by molar-refractivity contribution is 7.13. The van der Waals surface area contributed by atoms with Gasteiger partial charge in [0.05, 0.1) is 4.92 Å². The van der Waals surface area contributed by atoms with E-state index in [1.807, 2.05) is 12.1 Å². The summed E-state index contributed by atoms with van der Waals surface area (Å²) in [6.07, 6.45) is 1.56. The van der Waals surface area contributed by atoms with Gasteiger partial charge >= 0.3 is 0 Å². The average Bonchev–Trinajstić information content (AvgIpc) is 3.31. The maximum Gasteiger partial charge on any atom is 0.269 e. The van der Waals surface area contributed by atoms with Crippen LogP contribution in [0.25, 0.3) is 0 Å². The molecule has 0 fully saturated rings. The molecule has 1 aliphatic rings. The van der Waals surface area contributed by atoms with Crippen LogP contribution in [0.3, 0.4) is 0 Å². The van der Waals surface area contributed by atoms with Crippen molar-refractivity contribution in [3.63, 3.8) is 0 Å². The third-order valence-electron chi connectivity index (χ3n) is 4.47. The number of non-ortho nitro benzene ring substituents is 1. The summed E-state index contributed by atoms with van der Waals surface area (Å²) >= 11 is 1.25. The Morgan fingerprint density at radius 1 is 1.25 bits per heavy atom. The number of hydrogen-bond acceptors (Lipinski definition) is 6. The number of fused-ring (bicyclic) bond motifs is 1. The number of aromatic nitrogens is 1. The van der Waals surface area contributed by atoms with E-state index in [0.717, 1.165) is 5.56 Å². The third kappa shape index (κ3) is 3.23. The summed E-state index contributed by atoms with van der Waals surface area (Å²) in [5.74, 6) is -0.766. The number of nitrogens with one attached hydrogen (secondary N) is 1. The van der Waals surface area contributed by atoms with Crippen molar-refractivity contribution < 1.29 is 14.5 Å². The smallest absolute Gasteiger partial charge is 0.269 e. The minimum Gasteiger partial charge on any atom is -0.318 e. The van der Waals surface area contributed by atoms with Crippen molar-refractivity contribution in [3.05, 3.63) is 86.9 Å². The van der Waals surface area contributed by atoms with Crippen molar-refractivity contribution in [1.29, 1.82) is 0 Å². The van der Waals surface area contributed by atoms with Crippen LogP contribution in [0.2, 0.25) is 0 Å². The minimum absolute atomic E-state index is 0.145. The van der Waals surface area contributed by atoms with Gasteiger partial charge in [0.2, 0.25) is 0 Å². The molecule has 28 heavy (non-hydrogen) atoms. The van der Waals surface area contributed by atoms with Gasteiger partial charge in [0.1, 0.15) is 6.04 Å². The molecule has 2 heterocycles. The first-order chi connectivity index (χ1) is 13.5. The van der Waals surface area contributed by atoms with Gasteiger partial charge in [0.25, 0.3) is 17.5 Å². The highest BCUT2D eigenvalue weighted by Gasteiger charge is 2.38. The summed E-state index contributed by atoms with van der Waals surface area (Å²) in [5.41, 5.74) is 1.56. The van der Waals surface area contributed by atoms with E-state index in [2.05, 4.69) is 10.3 Å². The highest BCUT2D eigenvalue weighted by Crippen LogP contribution is 2.33. The lowest BCUT2D eigenvalue weighted by atomic mass is 10.0. The molecule has 1 aromatic heterocycles. The predicted molar refractivity (Wildman–Crippen MR) is 103 cm³/mol. The first kappa shape index (κ1) is 17.8. The number of rotatable bonds is 5. The summed E-state index contributed by atoms with van der Waals surface area (Å²) in [7, 11) is 0. The Labute approximate surface area is 163 Å². The van der Waals surface area contributed by atoms with E-state index in [1.54, 1.807) is 29.8 Å². The second-order valence-electron chi connectivity index (χ2n) is 6.17. The summed E-state index contributed by atoms with van der Waals surface area (Å²) in [4.78, 5) is 42.1. The van der Waals surface area contributed by atoms with Crippen LogP contribution in [0, 0.1) is 10.1 Å². The number of nitro benzene ring substituents is 1. The van der Waals surface area contributed by atoms with Gasteiger partial charge in [0.15, 0.2) is 5.13 Å². The first-order valence-electron chi connectivity index (χ1n) is 8.38. The summed E-state index contributed by atoms with van der Waals surface area (Å²) in [5, 5.41) is 16.0. The molecule has 1 N–H and O–H groups in total. The Morgan fingerprint density at radius 2 is 2.07 bits per heavy atom. The Morgan fingerprint density at radius 3 is 2.79 bits per heavy atom. The monoisotopic (exact) mass is 394 g/mol. The van der Waals surface area contributed by atoms with Crippen molar-refractivity contribution in [2.24, 2.45) is 0 Å². The zero-order valence-electron chi connectivity index (χ0n) is 14.4. The largest absolute Gasteiger partial charge is 0.318 e. The zero-order valence-corrected chi connectivity index (χ0v) is 15.3. The lowest BCUT2D eigenvalue weighted by Gasteiger charge is -2.26. The Balaban J connectivity index is 1.74. The van der Waals surface area contributed by atoms with E-state index in [9.17, 15) is 19.7 Å². The molecule has 1 atom stereocenters.